The summed E-state index contributed by atoms with van der Waals surface area (Å²) in [5.74, 6) is 1.38. The van der Waals surface area contributed by atoms with Crippen molar-refractivity contribution in [2.45, 2.75) is 31.7 Å². The predicted molar refractivity (Wildman–Crippen MR) is 103 cm³/mol. The quantitative estimate of drug-likeness (QED) is 0.641. The number of ether oxygens (including phenoxy) is 1. The van der Waals surface area contributed by atoms with E-state index in [1.54, 1.807) is 0 Å². The van der Waals surface area contributed by atoms with Gasteiger partial charge in [-0.05, 0) is 23.8 Å². The number of guanidine groups is 1. The van der Waals surface area contributed by atoms with Gasteiger partial charge in [-0.25, -0.2) is 0 Å². The molecule has 0 spiro atoms. The lowest BCUT2D eigenvalue weighted by Gasteiger charge is -2.28. The number of benzene rings is 2. The lowest BCUT2D eigenvalue weighted by Crippen LogP contribution is -2.38. The van der Waals surface area contributed by atoms with Gasteiger partial charge in [0.1, 0.15) is 5.75 Å². The molecule has 2 aromatic carbocycles. The maximum absolute atomic E-state index is 6.15. The van der Waals surface area contributed by atoms with Crippen molar-refractivity contribution in [2.75, 3.05) is 13.2 Å². The molecule has 5 heteroatoms. The van der Waals surface area contributed by atoms with Crippen LogP contribution in [-0.4, -0.2) is 19.1 Å². The van der Waals surface area contributed by atoms with Crippen LogP contribution in [0.3, 0.4) is 0 Å². The minimum absolute atomic E-state index is 0.121. The molecule has 132 valence electrons. The number of nitrogens with two attached hydrogens (primary N) is 1. The topological polar surface area (TPSA) is 59.6 Å². The number of nitrogens with one attached hydrogen (secondary N) is 1. The van der Waals surface area contributed by atoms with Crippen molar-refractivity contribution in [2.24, 2.45) is 10.7 Å². The molecule has 0 amide bonds. The normalized spacial score (nSPS) is 17.6. The molecule has 0 fully saturated rings. The standard InChI is InChI=1S/C20H24ClN3O/c1-20(2,14-7-9-15(21)10-8-14)13-23-19(22)24-17-11-12-25-18-6-4-3-5-16(17)18/h3-10,17H,11-13H2,1-2H3,(H3,22,23,24). The highest BCUT2D eigenvalue weighted by atomic mass is 35.5. The lowest BCUT2D eigenvalue weighted by atomic mass is 9.85. The van der Waals surface area contributed by atoms with E-state index in [9.17, 15) is 0 Å². The fourth-order valence-corrected chi connectivity index (χ4v) is 3.12. The Labute approximate surface area is 154 Å². The number of aliphatic imine (C=N–C) groups is 1. The van der Waals surface area contributed by atoms with Crippen LogP contribution >= 0.6 is 11.6 Å². The average molecular weight is 358 g/mol. The molecule has 3 N–H and O–H groups in total. The molecule has 0 radical (unpaired) electrons. The number of nitrogens with zero attached hydrogens (tertiary/aromatic N) is 1. The molecule has 1 atom stereocenters. The number of rotatable bonds is 4. The fraction of sp³-hybridized carbons (Fsp3) is 0.350. The number of hydrogen-bond donors (Lipinski definition) is 2. The second kappa shape index (κ2) is 7.36. The van der Waals surface area contributed by atoms with Gasteiger partial charge in [-0.3, -0.25) is 4.99 Å². The van der Waals surface area contributed by atoms with Crippen LogP contribution in [0.4, 0.5) is 0 Å². The van der Waals surface area contributed by atoms with Crippen molar-refractivity contribution in [3.8, 4) is 5.75 Å². The average Bonchev–Trinajstić information content (AvgIpc) is 2.61. The summed E-state index contributed by atoms with van der Waals surface area (Å²) in [7, 11) is 0. The number of fused-ring (bicyclic) bond motifs is 1. The van der Waals surface area contributed by atoms with E-state index in [0.29, 0.717) is 19.1 Å². The van der Waals surface area contributed by atoms with E-state index in [-0.39, 0.29) is 11.5 Å². The van der Waals surface area contributed by atoms with Gasteiger partial charge in [-0.1, -0.05) is 55.8 Å². The SMILES string of the molecule is CC(C)(CN=C(N)NC1CCOc2ccccc21)c1ccc(Cl)cc1. The first kappa shape index (κ1) is 17.6. The van der Waals surface area contributed by atoms with Crippen molar-refractivity contribution in [3.05, 3.63) is 64.7 Å². The van der Waals surface area contributed by atoms with Crippen LogP contribution in [0, 0.1) is 0 Å². The van der Waals surface area contributed by atoms with Gasteiger partial charge < -0.3 is 15.8 Å². The first-order chi connectivity index (χ1) is 12.0. The molecule has 0 aliphatic carbocycles. The van der Waals surface area contributed by atoms with E-state index in [1.807, 2.05) is 42.5 Å². The summed E-state index contributed by atoms with van der Waals surface area (Å²) in [6, 6.07) is 16.1. The molecule has 1 unspecified atom stereocenters. The number of hydrogen-bond acceptors (Lipinski definition) is 2. The molecule has 3 rings (SSSR count). The molecule has 1 aliphatic heterocycles. The molecule has 0 saturated heterocycles. The summed E-state index contributed by atoms with van der Waals surface area (Å²) < 4.78 is 5.69. The van der Waals surface area contributed by atoms with Crippen molar-refractivity contribution in [1.29, 1.82) is 0 Å². The number of para-hydroxylation sites is 1. The zero-order valence-electron chi connectivity index (χ0n) is 14.6. The molecular weight excluding hydrogens is 334 g/mol. The van der Waals surface area contributed by atoms with Gasteiger partial charge in [0.2, 0.25) is 0 Å². The molecule has 25 heavy (non-hydrogen) atoms. The van der Waals surface area contributed by atoms with E-state index in [1.165, 1.54) is 5.56 Å². The Balaban J connectivity index is 1.67. The Bertz CT molecular complexity index is 756. The van der Waals surface area contributed by atoms with Crippen LogP contribution < -0.4 is 15.8 Å². The number of halogens is 1. The van der Waals surface area contributed by atoms with Crippen LogP contribution in [-0.2, 0) is 5.41 Å². The third-order valence-corrected chi connectivity index (χ3v) is 4.80. The maximum atomic E-state index is 6.15. The predicted octanol–water partition coefficient (Wildman–Crippen LogP) is 4.05. The van der Waals surface area contributed by atoms with Gasteiger partial charge in [0.25, 0.3) is 0 Å². The minimum atomic E-state index is -0.121. The molecule has 0 bridgehead atoms. The zero-order chi connectivity index (χ0) is 17.9. The Kier molecular flexibility index (Phi) is 5.19. The highest BCUT2D eigenvalue weighted by molar-refractivity contribution is 6.30. The van der Waals surface area contributed by atoms with Crippen LogP contribution in [0.25, 0.3) is 0 Å². The van der Waals surface area contributed by atoms with Crippen molar-refractivity contribution < 1.29 is 4.74 Å². The summed E-state index contributed by atoms with van der Waals surface area (Å²) in [5, 5.41) is 4.07. The van der Waals surface area contributed by atoms with Gasteiger partial charge in [0.05, 0.1) is 19.2 Å². The molecule has 0 saturated carbocycles. The Morgan fingerprint density at radius 1 is 1.24 bits per heavy atom. The summed E-state index contributed by atoms with van der Waals surface area (Å²) >= 11 is 5.97. The third kappa shape index (κ3) is 4.26. The second-order valence-corrected chi connectivity index (χ2v) is 7.40. The Morgan fingerprint density at radius 2 is 1.96 bits per heavy atom. The van der Waals surface area contributed by atoms with Gasteiger partial charge in [0, 0.05) is 22.4 Å². The maximum Gasteiger partial charge on any atom is 0.189 e. The molecule has 2 aromatic rings. The van der Waals surface area contributed by atoms with E-state index in [4.69, 9.17) is 22.1 Å². The molecular formula is C20H24ClN3O. The zero-order valence-corrected chi connectivity index (χ0v) is 15.4. The Hall–Kier alpha value is -2.20. The Morgan fingerprint density at radius 3 is 2.72 bits per heavy atom. The highest BCUT2D eigenvalue weighted by Crippen LogP contribution is 2.31. The van der Waals surface area contributed by atoms with Gasteiger partial charge >= 0.3 is 0 Å². The first-order valence-corrected chi connectivity index (χ1v) is 8.88. The fourth-order valence-electron chi connectivity index (χ4n) is 2.99. The van der Waals surface area contributed by atoms with Crippen molar-refractivity contribution >= 4 is 17.6 Å². The molecule has 4 nitrogen and oxygen atoms in total. The summed E-state index contributed by atoms with van der Waals surface area (Å²) in [6.45, 7) is 5.57. The van der Waals surface area contributed by atoms with Crippen LogP contribution in [0.1, 0.15) is 37.4 Å². The first-order valence-electron chi connectivity index (χ1n) is 8.50. The van der Waals surface area contributed by atoms with Gasteiger partial charge in [-0.2, -0.15) is 0 Å². The van der Waals surface area contributed by atoms with Crippen molar-refractivity contribution in [1.82, 2.24) is 5.32 Å². The minimum Gasteiger partial charge on any atom is -0.493 e. The van der Waals surface area contributed by atoms with Gasteiger partial charge in [-0.15, -0.1) is 0 Å². The second-order valence-electron chi connectivity index (χ2n) is 6.96. The lowest BCUT2D eigenvalue weighted by molar-refractivity contribution is 0.262. The van der Waals surface area contributed by atoms with E-state index >= 15 is 0 Å². The van der Waals surface area contributed by atoms with E-state index in [0.717, 1.165) is 22.8 Å². The summed E-state index contributed by atoms with van der Waals surface area (Å²) in [6.07, 6.45) is 0.869. The monoisotopic (exact) mass is 357 g/mol. The van der Waals surface area contributed by atoms with E-state index in [2.05, 4.69) is 30.2 Å². The molecule has 0 aromatic heterocycles. The van der Waals surface area contributed by atoms with Crippen molar-refractivity contribution in [3.63, 3.8) is 0 Å². The third-order valence-electron chi connectivity index (χ3n) is 4.55. The molecule has 1 aliphatic rings. The van der Waals surface area contributed by atoms with Crippen LogP contribution in [0.2, 0.25) is 5.02 Å². The smallest absolute Gasteiger partial charge is 0.189 e. The highest BCUT2D eigenvalue weighted by Gasteiger charge is 2.23. The summed E-state index contributed by atoms with van der Waals surface area (Å²) in [5.41, 5.74) is 8.34. The van der Waals surface area contributed by atoms with E-state index < -0.39 is 0 Å². The van der Waals surface area contributed by atoms with Crippen LogP contribution in [0.5, 0.6) is 5.75 Å². The summed E-state index contributed by atoms with van der Waals surface area (Å²) in [4.78, 5) is 4.57. The van der Waals surface area contributed by atoms with Gasteiger partial charge in [0.15, 0.2) is 5.96 Å². The largest absolute Gasteiger partial charge is 0.493 e. The van der Waals surface area contributed by atoms with Crippen LogP contribution in [0.15, 0.2) is 53.5 Å². The molecule has 1 heterocycles.